The summed E-state index contributed by atoms with van der Waals surface area (Å²) in [6.45, 7) is 0.637. The number of piperidine rings is 1. The molecule has 1 aliphatic heterocycles. The molecular formula is C12H19N3O4S2. The molecule has 0 bridgehead atoms. The van der Waals surface area contributed by atoms with Gasteiger partial charge in [0.2, 0.25) is 20.0 Å². The minimum Gasteiger partial charge on any atom is -0.329 e. The summed E-state index contributed by atoms with van der Waals surface area (Å²) >= 11 is 0. The highest BCUT2D eigenvalue weighted by Crippen LogP contribution is 2.25. The predicted octanol–water partition coefficient (Wildman–Crippen LogP) is -0.164. The van der Waals surface area contributed by atoms with Crippen molar-refractivity contribution in [3.63, 3.8) is 0 Å². The molecule has 1 atom stereocenters. The van der Waals surface area contributed by atoms with Crippen LogP contribution < -0.4 is 10.9 Å². The number of hydrogen-bond donors (Lipinski definition) is 2. The minimum absolute atomic E-state index is 0.0747. The van der Waals surface area contributed by atoms with E-state index in [0.717, 1.165) is 18.9 Å². The fourth-order valence-electron chi connectivity index (χ4n) is 2.47. The molecule has 0 saturated carbocycles. The van der Waals surface area contributed by atoms with Crippen molar-refractivity contribution in [2.75, 3.05) is 13.1 Å². The SMILES string of the molecule is NCC1CCCCN1S(=O)(=O)c1cccc(S(N)(=O)=O)c1. The molecule has 1 aliphatic rings. The Morgan fingerprint density at radius 2 is 1.81 bits per heavy atom. The van der Waals surface area contributed by atoms with Crippen molar-refractivity contribution in [2.45, 2.75) is 35.1 Å². The molecule has 0 radical (unpaired) electrons. The average Bonchev–Trinajstić information content (AvgIpc) is 2.46. The second-order valence-electron chi connectivity index (χ2n) is 5.02. The van der Waals surface area contributed by atoms with E-state index in [1.165, 1.54) is 22.5 Å². The number of nitrogens with zero attached hydrogens (tertiary/aromatic N) is 1. The Morgan fingerprint density at radius 1 is 1.14 bits per heavy atom. The minimum atomic E-state index is -3.94. The molecule has 2 rings (SSSR count). The van der Waals surface area contributed by atoms with E-state index >= 15 is 0 Å². The number of hydrogen-bond acceptors (Lipinski definition) is 5. The molecule has 1 aromatic rings. The highest BCUT2D eigenvalue weighted by molar-refractivity contribution is 7.90. The first-order valence-electron chi connectivity index (χ1n) is 6.61. The Hall–Kier alpha value is -1.00. The maximum absolute atomic E-state index is 12.7. The number of benzene rings is 1. The smallest absolute Gasteiger partial charge is 0.243 e. The van der Waals surface area contributed by atoms with Crippen molar-refractivity contribution < 1.29 is 16.8 Å². The first-order valence-corrected chi connectivity index (χ1v) is 9.60. The summed E-state index contributed by atoms with van der Waals surface area (Å²) in [6.07, 6.45) is 2.42. The van der Waals surface area contributed by atoms with Gasteiger partial charge in [-0.25, -0.2) is 22.0 Å². The van der Waals surface area contributed by atoms with Gasteiger partial charge in [0.1, 0.15) is 0 Å². The summed E-state index contributed by atoms with van der Waals surface area (Å²) in [5.74, 6) is 0. The van der Waals surface area contributed by atoms with Crippen LogP contribution in [0.15, 0.2) is 34.1 Å². The Morgan fingerprint density at radius 3 is 2.43 bits per heavy atom. The van der Waals surface area contributed by atoms with Gasteiger partial charge in [0, 0.05) is 19.1 Å². The summed E-state index contributed by atoms with van der Waals surface area (Å²) < 4.78 is 49.4. The van der Waals surface area contributed by atoms with Gasteiger partial charge in [0.15, 0.2) is 0 Å². The van der Waals surface area contributed by atoms with E-state index in [0.29, 0.717) is 13.0 Å². The first-order chi connectivity index (χ1) is 9.76. The highest BCUT2D eigenvalue weighted by atomic mass is 32.2. The van der Waals surface area contributed by atoms with Crippen molar-refractivity contribution in [3.8, 4) is 0 Å². The van der Waals surface area contributed by atoms with Crippen LogP contribution in [0, 0.1) is 0 Å². The Balaban J connectivity index is 2.44. The fourth-order valence-corrected chi connectivity index (χ4v) is 4.86. The lowest BCUT2D eigenvalue weighted by Crippen LogP contribution is -2.47. The number of nitrogens with two attached hydrogens (primary N) is 2. The molecule has 0 aliphatic carbocycles. The highest BCUT2D eigenvalue weighted by Gasteiger charge is 2.33. The van der Waals surface area contributed by atoms with Crippen LogP contribution in [0.4, 0.5) is 0 Å². The second kappa shape index (κ2) is 6.01. The predicted molar refractivity (Wildman–Crippen MR) is 78.4 cm³/mol. The number of primary sulfonamides is 1. The molecule has 4 N–H and O–H groups in total. The Labute approximate surface area is 125 Å². The van der Waals surface area contributed by atoms with Crippen molar-refractivity contribution in [1.29, 1.82) is 0 Å². The van der Waals surface area contributed by atoms with E-state index in [1.807, 2.05) is 0 Å². The fraction of sp³-hybridized carbons (Fsp3) is 0.500. The van der Waals surface area contributed by atoms with Crippen LogP contribution in [0.1, 0.15) is 19.3 Å². The van der Waals surface area contributed by atoms with Crippen molar-refractivity contribution in [3.05, 3.63) is 24.3 Å². The maximum Gasteiger partial charge on any atom is 0.243 e. The average molecular weight is 333 g/mol. The molecule has 1 saturated heterocycles. The van der Waals surface area contributed by atoms with Crippen molar-refractivity contribution in [1.82, 2.24) is 4.31 Å². The van der Waals surface area contributed by atoms with E-state index in [2.05, 4.69) is 0 Å². The van der Waals surface area contributed by atoms with E-state index in [1.54, 1.807) is 0 Å². The van der Waals surface area contributed by atoms with Crippen molar-refractivity contribution >= 4 is 20.0 Å². The molecule has 0 spiro atoms. The summed E-state index contributed by atoms with van der Waals surface area (Å²) in [5, 5.41) is 5.04. The van der Waals surface area contributed by atoms with E-state index in [9.17, 15) is 16.8 Å². The van der Waals surface area contributed by atoms with Crippen LogP contribution >= 0.6 is 0 Å². The molecule has 118 valence electrons. The molecule has 1 unspecified atom stereocenters. The normalized spacial score (nSPS) is 21.3. The van der Waals surface area contributed by atoms with Crippen LogP contribution in [0.2, 0.25) is 0 Å². The molecule has 1 aromatic carbocycles. The zero-order chi connectivity index (χ0) is 15.7. The van der Waals surface area contributed by atoms with E-state index < -0.39 is 20.0 Å². The number of rotatable bonds is 4. The molecule has 9 heteroatoms. The van der Waals surface area contributed by atoms with Gasteiger partial charge in [-0.1, -0.05) is 12.5 Å². The summed E-state index contributed by atoms with van der Waals surface area (Å²) in [7, 11) is -7.72. The molecule has 1 heterocycles. The number of sulfonamides is 2. The third kappa shape index (κ3) is 3.43. The largest absolute Gasteiger partial charge is 0.329 e. The summed E-state index contributed by atoms with van der Waals surface area (Å²) in [5.41, 5.74) is 5.65. The van der Waals surface area contributed by atoms with Crippen molar-refractivity contribution in [2.24, 2.45) is 10.9 Å². The monoisotopic (exact) mass is 333 g/mol. The maximum atomic E-state index is 12.7. The standard InChI is InChI=1S/C12H19N3O4S2/c13-9-10-4-1-2-7-15(10)21(18,19)12-6-3-5-11(8-12)20(14,16)17/h3,5-6,8,10H,1-2,4,7,9,13H2,(H2,14,16,17). The quantitative estimate of drug-likeness (QED) is 0.792. The first kappa shape index (κ1) is 16.4. The van der Waals surface area contributed by atoms with Gasteiger partial charge in [-0.2, -0.15) is 4.31 Å². The van der Waals surface area contributed by atoms with Gasteiger partial charge < -0.3 is 5.73 Å². The third-order valence-electron chi connectivity index (χ3n) is 3.59. The lowest BCUT2D eigenvalue weighted by Gasteiger charge is -2.33. The van der Waals surface area contributed by atoms with Crippen LogP contribution in [0.5, 0.6) is 0 Å². The van der Waals surface area contributed by atoms with Gasteiger partial charge in [-0.05, 0) is 31.0 Å². The van der Waals surface area contributed by atoms with Gasteiger partial charge in [-0.15, -0.1) is 0 Å². The molecule has 0 aromatic heterocycles. The molecule has 21 heavy (non-hydrogen) atoms. The lowest BCUT2D eigenvalue weighted by atomic mass is 10.1. The zero-order valence-electron chi connectivity index (χ0n) is 11.5. The second-order valence-corrected chi connectivity index (χ2v) is 8.47. The molecular weight excluding hydrogens is 314 g/mol. The summed E-state index contributed by atoms with van der Waals surface area (Å²) in [6, 6.07) is 4.85. The third-order valence-corrected chi connectivity index (χ3v) is 6.44. The van der Waals surface area contributed by atoms with Gasteiger partial charge >= 0.3 is 0 Å². The van der Waals surface area contributed by atoms with E-state index in [4.69, 9.17) is 10.9 Å². The lowest BCUT2D eigenvalue weighted by molar-refractivity contribution is 0.257. The Kier molecular flexibility index (Phi) is 4.69. The van der Waals surface area contributed by atoms with Gasteiger partial charge in [0.25, 0.3) is 0 Å². The Bertz CT molecular complexity index is 716. The molecule has 7 nitrogen and oxygen atoms in total. The van der Waals surface area contributed by atoms with E-state index in [-0.39, 0.29) is 22.4 Å². The van der Waals surface area contributed by atoms with Crippen LogP contribution in [0.3, 0.4) is 0 Å². The van der Waals surface area contributed by atoms with Gasteiger partial charge in [-0.3, -0.25) is 0 Å². The van der Waals surface area contributed by atoms with Crippen LogP contribution in [0.25, 0.3) is 0 Å². The van der Waals surface area contributed by atoms with Crippen LogP contribution in [-0.4, -0.2) is 40.3 Å². The zero-order valence-corrected chi connectivity index (χ0v) is 13.1. The van der Waals surface area contributed by atoms with Crippen LogP contribution in [-0.2, 0) is 20.0 Å². The molecule has 1 fully saturated rings. The van der Waals surface area contributed by atoms with Gasteiger partial charge in [0.05, 0.1) is 9.79 Å². The summed E-state index contributed by atoms with van der Waals surface area (Å²) in [4.78, 5) is -0.292. The topological polar surface area (TPSA) is 124 Å². The molecule has 0 amide bonds.